The Hall–Kier alpha value is -2.90. The van der Waals surface area contributed by atoms with Crippen LogP contribution < -0.4 is 10.6 Å². The number of hydrogen-bond donors (Lipinski definition) is 5. The number of amides is 2. The monoisotopic (exact) mass is 550 g/mol. The molecular weight excluding hydrogens is 527 g/mol. The number of benzene rings is 1. The zero-order valence-electron chi connectivity index (χ0n) is 16.4. The maximum atomic E-state index is 12.0. The van der Waals surface area contributed by atoms with Crippen molar-refractivity contribution in [3.05, 3.63) is 33.4 Å². The van der Waals surface area contributed by atoms with E-state index in [1.165, 1.54) is 0 Å². The molecule has 170 valence electrons. The molecule has 2 atom stereocenters. The van der Waals surface area contributed by atoms with Crippen molar-refractivity contribution in [3.63, 3.8) is 0 Å². The van der Waals surface area contributed by atoms with Crippen molar-refractivity contribution in [2.45, 2.75) is 44.2 Å². The average Bonchev–Trinajstić information content (AvgIpc) is 2.69. The normalized spacial score (nSPS) is 12.3. The maximum absolute atomic E-state index is 12.0. The zero-order chi connectivity index (χ0) is 23.4. The van der Waals surface area contributed by atoms with E-state index in [1.807, 2.05) is 11.4 Å². The van der Waals surface area contributed by atoms with Crippen LogP contribution in [0.1, 0.15) is 42.5 Å². The van der Waals surface area contributed by atoms with Crippen molar-refractivity contribution in [2.75, 3.05) is 6.54 Å². The second kappa shape index (κ2) is 13.4. The first-order valence-electron chi connectivity index (χ1n) is 9.28. The van der Waals surface area contributed by atoms with Gasteiger partial charge < -0.3 is 30.7 Å². The van der Waals surface area contributed by atoms with Crippen molar-refractivity contribution in [1.82, 2.24) is 10.6 Å². The van der Waals surface area contributed by atoms with Crippen molar-refractivity contribution in [2.24, 2.45) is 0 Å². The Morgan fingerprint density at radius 2 is 1.71 bits per heavy atom. The largest absolute Gasteiger partial charge is 0.481 e. The molecule has 2 amide bonds. The molecule has 5 N–H and O–H groups in total. The minimum atomic E-state index is -1.52. The van der Waals surface area contributed by atoms with Gasteiger partial charge in [-0.2, -0.15) is 0 Å². The SMILES string of the molecule is O=C(O)CC[C@H](NC(=O)O[C@@H](CCCCNC(=O)c1cccc(I)c1)C(=O)O)C(=O)O. The van der Waals surface area contributed by atoms with E-state index in [2.05, 4.69) is 27.9 Å². The van der Waals surface area contributed by atoms with E-state index in [1.54, 1.807) is 18.2 Å². The van der Waals surface area contributed by atoms with Gasteiger partial charge in [0, 0.05) is 22.1 Å². The van der Waals surface area contributed by atoms with E-state index in [0.717, 1.165) is 3.57 Å². The van der Waals surface area contributed by atoms with E-state index >= 15 is 0 Å². The smallest absolute Gasteiger partial charge is 0.408 e. The highest BCUT2D eigenvalue weighted by Crippen LogP contribution is 2.09. The highest BCUT2D eigenvalue weighted by molar-refractivity contribution is 14.1. The fourth-order valence-electron chi connectivity index (χ4n) is 2.45. The van der Waals surface area contributed by atoms with Crippen molar-refractivity contribution < 1.29 is 44.0 Å². The van der Waals surface area contributed by atoms with Crippen LogP contribution in [0.5, 0.6) is 0 Å². The van der Waals surface area contributed by atoms with E-state index in [9.17, 15) is 29.1 Å². The summed E-state index contributed by atoms with van der Waals surface area (Å²) in [6.07, 6.45) is -2.95. The number of rotatable bonds is 13. The molecular formula is C19H23IN2O9. The molecule has 0 radical (unpaired) electrons. The van der Waals surface area contributed by atoms with Gasteiger partial charge >= 0.3 is 24.0 Å². The van der Waals surface area contributed by atoms with E-state index in [4.69, 9.17) is 14.9 Å². The van der Waals surface area contributed by atoms with Crippen LogP contribution in [0.25, 0.3) is 0 Å². The summed E-state index contributed by atoms with van der Waals surface area (Å²) in [5.41, 5.74) is 0.506. The number of carbonyl (C=O) groups excluding carboxylic acids is 2. The standard InChI is InChI=1S/C19H23IN2O9/c20-12-5-3-4-11(10-12)16(25)21-9-2-1-6-14(18(28)29)31-19(30)22-13(17(26)27)7-8-15(23)24/h3-5,10,13-14H,1-2,6-9H2,(H,21,25)(H,22,30)(H,23,24)(H,26,27)(H,28,29)/t13-,14-/m0/s1. The van der Waals surface area contributed by atoms with E-state index < -0.39 is 42.6 Å². The number of ether oxygens (including phenoxy) is 1. The summed E-state index contributed by atoms with van der Waals surface area (Å²) in [5, 5.41) is 31.5. The molecule has 0 spiro atoms. The minimum Gasteiger partial charge on any atom is -0.481 e. The fraction of sp³-hybridized carbons (Fsp3) is 0.421. The molecule has 0 fully saturated rings. The van der Waals surface area contributed by atoms with Crippen molar-refractivity contribution in [1.29, 1.82) is 0 Å². The van der Waals surface area contributed by atoms with Gasteiger partial charge in [0.15, 0.2) is 0 Å². The first kappa shape index (κ1) is 26.1. The van der Waals surface area contributed by atoms with Crippen LogP contribution >= 0.6 is 22.6 Å². The highest BCUT2D eigenvalue weighted by Gasteiger charge is 2.26. The van der Waals surface area contributed by atoms with Gasteiger partial charge in [0.2, 0.25) is 6.10 Å². The predicted octanol–water partition coefficient (Wildman–Crippen LogP) is 1.69. The second-order valence-electron chi connectivity index (χ2n) is 6.46. The Balaban J connectivity index is 2.42. The summed E-state index contributed by atoms with van der Waals surface area (Å²) in [4.78, 5) is 56.8. The summed E-state index contributed by atoms with van der Waals surface area (Å²) >= 11 is 2.09. The minimum absolute atomic E-state index is 0.0469. The molecule has 11 nitrogen and oxygen atoms in total. The van der Waals surface area contributed by atoms with Crippen LogP contribution in [0.4, 0.5) is 4.79 Å². The van der Waals surface area contributed by atoms with Gasteiger partial charge in [0.25, 0.3) is 5.91 Å². The molecule has 0 aliphatic heterocycles. The van der Waals surface area contributed by atoms with Gasteiger partial charge in [-0.25, -0.2) is 14.4 Å². The molecule has 0 aliphatic carbocycles. The summed E-state index contributed by atoms with van der Waals surface area (Å²) in [7, 11) is 0. The molecule has 0 unspecified atom stereocenters. The number of carbonyl (C=O) groups is 5. The molecule has 1 rings (SSSR count). The lowest BCUT2D eigenvalue weighted by Gasteiger charge is -2.17. The van der Waals surface area contributed by atoms with E-state index in [0.29, 0.717) is 24.9 Å². The Labute approximate surface area is 191 Å². The third-order valence-corrected chi connectivity index (χ3v) is 4.70. The Kier molecular flexibility index (Phi) is 11.3. The van der Waals surface area contributed by atoms with Crippen LogP contribution in [0.3, 0.4) is 0 Å². The van der Waals surface area contributed by atoms with Crippen molar-refractivity contribution in [3.8, 4) is 0 Å². The van der Waals surface area contributed by atoms with Crippen molar-refractivity contribution >= 4 is 52.5 Å². The van der Waals surface area contributed by atoms with Crippen LogP contribution in [0.2, 0.25) is 0 Å². The van der Waals surface area contributed by atoms with E-state index in [-0.39, 0.29) is 18.7 Å². The number of alkyl carbamates (subject to hydrolysis) is 1. The van der Waals surface area contributed by atoms with Gasteiger partial charge in [-0.05, 0) is 66.5 Å². The van der Waals surface area contributed by atoms with Gasteiger partial charge in [-0.1, -0.05) is 6.07 Å². The Morgan fingerprint density at radius 1 is 1.00 bits per heavy atom. The number of unbranched alkanes of at least 4 members (excludes halogenated alkanes) is 1. The fourth-order valence-corrected chi connectivity index (χ4v) is 3.00. The molecule has 31 heavy (non-hydrogen) atoms. The first-order valence-corrected chi connectivity index (χ1v) is 10.4. The summed E-state index contributed by atoms with van der Waals surface area (Å²) in [6.45, 7) is 0.291. The number of aliphatic carboxylic acids is 3. The van der Waals surface area contributed by atoms with Crippen LogP contribution in [0, 0.1) is 3.57 Å². The molecule has 1 aromatic rings. The lowest BCUT2D eigenvalue weighted by atomic mass is 10.1. The molecule has 0 bridgehead atoms. The topological polar surface area (TPSA) is 179 Å². The Morgan fingerprint density at radius 3 is 2.29 bits per heavy atom. The quantitative estimate of drug-likeness (QED) is 0.181. The highest BCUT2D eigenvalue weighted by atomic mass is 127. The lowest BCUT2D eigenvalue weighted by Crippen LogP contribution is -2.43. The summed E-state index contributed by atoms with van der Waals surface area (Å²) in [5.74, 6) is -4.37. The maximum Gasteiger partial charge on any atom is 0.408 e. The summed E-state index contributed by atoms with van der Waals surface area (Å²) in [6, 6.07) is 5.49. The van der Waals surface area contributed by atoms with Gasteiger partial charge in [-0.15, -0.1) is 0 Å². The number of hydrogen-bond acceptors (Lipinski definition) is 6. The zero-order valence-corrected chi connectivity index (χ0v) is 18.5. The van der Waals surface area contributed by atoms with Gasteiger partial charge in [0.1, 0.15) is 6.04 Å². The number of carboxylic acids is 3. The molecule has 0 saturated carbocycles. The summed E-state index contributed by atoms with van der Waals surface area (Å²) < 4.78 is 5.68. The number of halogens is 1. The first-order chi connectivity index (χ1) is 14.6. The molecule has 0 heterocycles. The van der Waals surface area contributed by atoms with Gasteiger partial charge in [-0.3, -0.25) is 9.59 Å². The Bertz CT molecular complexity index is 815. The third-order valence-electron chi connectivity index (χ3n) is 4.03. The predicted molar refractivity (Wildman–Crippen MR) is 115 cm³/mol. The second-order valence-corrected chi connectivity index (χ2v) is 7.71. The molecule has 12 heteroatoms. The lowest BCUT2D eigenvalue weighted by molar-refractivity contribution is -0.147. The number of nitrogens with one attached hydrogen (secondary N) is 2. The molecule has 0 saturated heterocycles. The van der Waals surface area contributed by atoms with Gasteiger partial charge in [0.05, 0.1) is 0 Å². The number of carboxylic acid groups (broad SMARTS) is 3. The van der Waals surface area contributed by atoms with Crippen LogP contribution in [-0.2, 0) is 19.1 Å². The third kappa shape index (κ3) is 10.6. The molecule has 0 aromatic heterocycles. The van der Waals surface area contributed by atoms with Crippen LogP contribution in [0.15, 0.2) is 24.3 Å². The molecule has 1 aromatic carbocycles. The average molecular weight is 550 g/mol. The molecule has 0 aliphatic rings. The van der Waals surface area contributed by atoms with Crippen LogP contribution in [-0.4, -0.2) is 63.9 Å².